The molecule has 19 heavy (non-hydrogen) atoms. The van der Waals surface area contributed by atoms with Gasteiger partial charge in [0.25, 0.3) is 0 Å². The Bertz CT molecular complexity index is 585. The third-order valence-electron chi connectivity index (χ3n) is 4.04. The second kappa shape index (κ2) is 3.94. The number of nitrogens with zero attached hydrogens (tertiary/aromatic N) is 4. The van der Waals surface area contributed by atoms with Crippen molar-refractivity contribution in [2.45, 2.75) is 37.8 Å². The molecule has 1 aliphatic heterocycles. The molecule has 6 heteroatoms. The number of aromatic nitrogens is 4. The minimum absolute atomic E-state index is 0.0202. The SMILES string of the molecule is c1cc2c(c(-n3cnnc3)n1)NC1(CCCCC1)N2. The van der Waals surface area contributed by atoms with Crippen molar-refractivity contribution in [2.75, 3.05) is 10.6 Å². The summed E-state index contributed by atoms with van der Waals surface area (Å²) in [6, 6.07) is 2.03. The third-order valence-corrected chi connectivity index (χ3v) is 4.04. The molecule has 1 spiro atoms. The summed E-state index contributed by atoms with van der Waals surface area (Å²) in [5.41, 5.74) is 2.21. The first-order valence-corrected chi connectivity index (χ1v) is 6.77. The zero-order chi connectivity index (χ0) is 12.7. The summed E-state index contributed by atoms with van der Waals surface area (Å²) in [6.45, 7) is 0. The Morgan fingerprint density at radius 3 is 2.63 bits per heavy atom. The average Bonchev–Trinajstić information content (AvgIpc) is 3.05. The Balaban J connectivity index is 1.75. The first kappa shape index (κ1) is 10.8. The van der Waals surface area contributed by atoms with Gasteiger partial charge in [0, 0.05) is 6.20 Å². The smallest absolute Gasteiger partial charge is 0.164 e. The van der Waals surface area contributed by atoms with Gasteiger partial charge in [0.05, 0.1) is 5.69 Å². The van der Waals surface area contributed by atoms with E-state index in [1.807, 2.05) is 16.8 Å². The summed E-state index contributed by atoms with van der Waals surface area (Å²) >= 11 is 0. The minimum atomic E-state index is 0.0202. The second-order valence-corrected chi connectivity index (χ2v) is 5.32. The highest BCUT2D eigenvalue weighted by molar-refractivity contribution is 5.81. The largest absolute Gasteiger partial charge is 0.361 e. The van der Waals surface area contributed by atoms with Gasteiger partial charge in [-0.3, -0.25) is 4.57 Å². The molecule has 4 rings (SSSR count). The number of hydrogen-bond acceptors (Lipinski definition) is 5. The van der Waals surface area contributed by atoms with E-state index in [1.54, 1.807) is 12.7 Å². The van der Waals surface area contributed by atoms with Crippen molar-refractivity contribution < 1.29 is 0 Å². The predicted molar refractivity (Wildman–Crippen MR) is 72.2 cm³/mol. The molecule has 0 bridgehead atoms. The molecule has 2 aromatic heterocycles. The quantitative estimate of drug-likeness (QED) is 0.818. The average molecular weight is 256 g/mol. The molecule has 0 saturated heterocycles. The lowest BCUT2D eigenvalue weighted by Crippen LogP contribution is -2.43. The van der Waals surface area contributed by atoms with Crippen molar-refractivity contribution in [1.29, 1.82) is 0 Å². The zero-order valence-corrected chi connectivity index (χ0v) is 10.6. The summed E-state index contributed by atoms with van der Waals surface area (Å²) < 4.78 is 1.84. The molecular weight excluding hydrogens is 240 g/mol. The van der Waals surface area contributed by atoms with Gasteiger partial charge in [-0.05, 0) is 31.7 Å². The van der Waals surface area contributed by atoms with Crippen molar-refractivity contribution in [3.63, 3.8) is 0 Å². The van der Waals surface area contributed by atoms with Gasteiger partial charge in [-0.2, -0.15) is 0 Å². The van der Waals surface area contributed by atoms with Gasteiger partial charge < -0.3 is 10.6 Å². The lowest BCUT2D eigenvalue weighted by molar-refractivity contribution is 0.367. The summed E-state index contributed by atoms with van der Waals surface area (Å²) in [6.07, 6.45) is 11.4. The molecule has 2 aliphatic rings. The number of fused-ring (bicyclic) bond motifs is 1. The van der Waals surface area contributed by atoms with Gasteiger partial charge in [0.1, 0.15) is 24.0 Å². The van der Waals surface area contributed by atoms with E-state index in [1.165, 1.54) is 19.3 Å². The highest BCUT2D eigenvalue weighted by Gasteiger charge is 2.38. The standard InChI is InChI=1S/C13H16N6/c1-2-5-13(6-3-1)17-10-4-7-14-12(11(10)18-13)19-8-15-16-9-19/h4,7-9,17-18H,1-3,5-6H2. The second-order valence-electron chi connectivity index (χ2n) is 5.32. The van der Waals surface area contributed by atoms with Crippen LogP contribution in [0.5, 0.6) is 0 Å². The van der Waals surface area contributed by atoms with E-state index in [0.29, 0.717) is 0 Å². The Hall–Kier alpha value is -2.11. The molecule has 2 N–H and O–H groups in total. The van der Waals surface area contributed by atoms with Crippen LogP contribution in [0.15, 0.2) is 24.9 Å². The number of rotatable bonds is 1. The molecule has 0 radical (unpaired) electrons. The van der Waals surface area contributed by atoms with Crippen molar-refractivity contribution >= 4 is 11.4 Å². The molecule has 1 saturated carbocycles. The van der Waals surface area contributed by atoms with E-state index in [4.69, 9.17) is 0 Å². The van der Waals surface area contributed by atoms with Crippen molar-refractivity contribution in [2.24, 2.45) is 0 Å². The van der Waals surface area contributed by atoms with Crippen LogP contribution in [0.3, 0.4) is 0 Å². The van der Waals surface area contributed by atoms with E-state index in [0.717, 1.165) is 30.0 Å². The Morgan fingerprint density at radius 2 is 1.84 bits per heavy atom. The van der Waals surface area contributed by atoms with Crippen molar-refractivity contribution in [3.8, 4) is 5.82 Å². The van der Waals surface area contributed by atoms with Crippen molar-refractivity contribution in [1.82, 2.24) is 19.7 Å². The molecule has 0 atom stereocenters. The zero-order valence-electron chi connectivity index (χ0n) is 10.6. The first-order valence-electron chi connectivity index (χ1n) is 6.77. The molecule has 6 nitrogen and oxygen atoms in total. The first-order chi connectivity index (χ1) is 9.36. The lowest BCUT2D eigenvalue weighted by Gasteiger charge is -2.34. The maximum Gasteiger partial charge on any atom is 0.164 e. The Kier molecular flexibility index (Phi) is 2.24. The topological polar surface area (TPSA) is 67.7 Å². The van der Waals surface area contributed by atoms with Crippen LogP contribution in [0, 0.1) is 0 Å². The normalized spacial score (nSPS) is 19.8. The van der Waals surface area contributed by atoms with Gasteiger partial charge in [0.2, 0.25) is 0 Å². The molecule has 1 fully saturated rings. The summed E-state index contributed by atoms with van der Waals surface area (Å²) in [5, 5.41) is 15.0. The van der Waals surface area contributed by atoms with Crippen LogP contribution in [0.4, 0.5) is 11.4 Å². The van der Waals surface area contributed by atoms with Crippen molar-refractivity contribution in [3.05, 3.63) is 24.9 Å². The summed E-state index contributed by atoms with van der Waals surface area (Å²) in [7, 11) is 0. The highest BCUT2D eigenvalue weighted by Crippen LogP contribution is 2.43. The summed E-state index contributed by atoms with van der Waals surface area (Å²) in [4.78, 5) is 4.45. The Morgan fingerprint density at radius 1 is 1.05 bits per heavy atom. The monoisotopic (exact) mass is 256 g/mol. The molecule has 98 valence electrons. The van der Waals surface area contributed by atoms with Gasteiger partial charge in [0.15, 0.2) is 5.82 Å². The summed E-state index contributed by atoms with van der Waals surface area (Å²) in [5.74, 6) is 0.859. The molecule has 0 amide bonds. The molecule has 0 unspecified atom stereocenters. The lowest BCUT2D eigenvalue weighted by atomic mass is 9.89. The van der Waals surface area contributed by atoms with Crippen LogP contribution in [-0.4, -0.2) is 25.4 Å². The van der Waals surface area contributed by atoms with Gasteiger partial charge in [-0.1, -0.05) is 6.42 Å². The maximum absolute atomic E-state index is 4.45. The fourth-order valence-corrected chi connectivity index (χ4v) is 3.12. The van der Waals surface area contributed by atoms with Crippen LogP contribution in [-0.2, 0) is 0 Å². The number of anilines is 2. The predicted octanol–water partition coefficient (Wildman–Crippen LogP) is 2.16. The minimum Gasteiger partial charge on any atom is -0.361 e. The van der Waals surface area contributed by atoms with Gasteiger partial charge >= 0.3 is 0 Å². The third kappa shape index (κ3) is 1.67. The number of pyridine rings is 1. The van der Waals surface area contributed by atoms with Gasteiger partial charge in [-0.15, -0.1) is 10.2 Å². The number of hydrogen-bond donors (Lipinski definition) is 2. The van der Waals surface area contributed by atoms with E-state index in [2.05, 4.69) is 25.8 Å². The van der Waals surface area contributed by atoms with E-state index >= 15 is 0 Å². The van der Waals surface area contributed by atoms with Crippen LogP contribution in [0.1, 0.15) is 32.1 Å². The van der Waals surface area contributed by atoms with E-state index in [9.17, 15) is 0 Å². The van der Waals surface area contributed by atoms with Crippen LogP contribution < -0.4 is 10.6 Å². The molecule has 0 aromatic carbocycles. The fraction of sp³-hybridized carbons (Fsp3) is 0.462. The molecule has 1 aliphatic carbocycles. The van der Waals surface area contributed by atoms with Crippen LogP contribution in [0.2, 0.25) is 0 Å². The van der Waals surface area contributed by atoms with Gasteiger partial charge in [-0.25, -0.2) is 4.98 Å². The highest BCUT2D eigenvalue weighted by atomic mass is 15.3. The maximum atomic E-state index is 4.45. The molecular formula is C13H16N6. The van der Waals surface area contributed by atoms with Crippen LogP contribution >= 0.6 is 0 Å². The van der Waals surface area contributed by atoms with Crippen LogP contribution in [0.25, 0.3) is 5.82 Å². The fourth-order valence-electron chi connectivity index (χ4n) is 3.12. The van der Waals surface area contributed by atoms with E-state index < -0.39 is 0 Å². The van der Waals surface area contributed by atoms with E-state index in [-0.39, 0.29) is 5.66 Å². The molecule has 3 heterocycles. The Labute approximate surface area is 111 Å². The molecule has 2 aromatic rings. The number of nitrogens with one attached hydrogen (secondary N) is 2.